The lowest BCUT2D eigenvalue weighted by atomic mass is 9.73. The number of anilines is 2. The van der Waals surface area contributed by atoms with Crippen LogP contribution in [0.5, 0.6) is 0 Å². The average Bonchev–Trinajstić information content (AvgIpc) is 3.56. The highest BCUT2D eigenvalue weighted by molar-refractivity contribution is 6.25. The van der Waals surface area contributed by atoms with Crippen LogP contribution in [0.2, 0.25) is 0 Å². The van der Waals surface area contributed by atoms with Gasteiger partial charge >= 0.3 is 12.1 Å². The number of aromatic amines is 2. The number of nitrogen functional groups attached to an aromatic ring is 1. The number of halogens is 3. The number of ketones is 1. The number of aryl methyl sites for hydroxylation is 2. The first-order chi connectivity index (χ1) is 27.4. The number of allylic oxidation sites excluding steroid dienone is 2. The molecule has 0 spiro atoms. The fourth-order valence-corrected chi connectivity index (χ4v) is 7.37. The van der Waals surface area contributed by atoms with Gasteiger partial charge in [-0.1, -0.05) is 26.0 Å². The monoisotopic (exact) mass is 803 g/mol. The number of rotatable bonds is 11. The van der Waals surface area contributed by atoms with Crippen molar-refractivity contribution < 1.29 is 37.1 Å². The van der Waals surface area contributed by atoms with E-state index in [9.17, 15) is 37.1 Å². The van der Waals surface area contributed by atoms with E-state index < -0.39 is 52.5 Å². The van der Waals surface area contributed by atoms with Gasteiger partial charge in [0.15, 0.2) is 5.78 Å². The van der Waals surface area contributed by atoms with E-state index in [2.05, 4.69) is 30.6 Å². The van der Waals surface area contributed by atoms with E-state index in [4.69, 9.17) is 21.9 Å². The molecule has 0 saturated heterocycles. The zero-order chi connectivity index (χ0) is 41.9. The molecule has 2 aromatic carbocycles. The van der Waals surface area contributed by atoms with Crippen molar-refractivity contribution in [1.82, 2.24) is 20.3 Å². The van der Waals surface area contributed by atoms with Gasteiger partial charge in [0.2, 0.25) is 5.95 Å². The van der Waals surface area contributed by atoms with Crippen LogP contribution in [0.1, 0.15) is 84.2 Å². The normalized spacial score (nSPS) is 19.8. The third-order valence-corrected chi connectivity index (χ3v) is 10.2. The van der Waals surface area contributed by atoms with Crippen molar-refractivity contribution in [3.8, 4) is 0 Å². The number of H-pyrrole nitrogens is 2. The summed E-state index contributed by atoms with van der Waals surface area (Å²) in [6, 6.07) is 11.1. The second-order valence-corrected chi connectivity index (χ2v) is 15.4. The number of Topliss-reactive ketones (excluding diaryl/α,β-unsaturated/α-hetero) is 1. The first-order valence-electron chi connectivity index (χ1n) is 18.7. The van der Waals surface area contributed by atoms with Crippen molar-refractivity contribution in [1.29, 1.82) is 0 Å². The van der Waals surface area contributed by atoms with E-state index in [1.54, 1.807) is 44.3 Å². The second kappa shape index (κ2) is 16.6. The third kappa shape index (κ3) is 9.73. The van der Waals surface area contributed by atoms with Crippen molar-refractivity contribution in [2.45, 2.75) is 83.5 Å². The Bertz CT molecular complexity index is 2370. The first kappa shape index (κ1) is 41.2. The summed E-state index contributed by atoms with van der Waals surface area (Å²) in [4.78, 5) is 76.9. The molecular weight excluding hydrogens is 759 g/mol. The minimum absolute atomic E-state index is 0.0288. The number of aromatic nitrogens is 3. The van der Waals surface area contributed by atoms with Crippen LogP contribution in [0.3, 0.4) is 0 Å². The molecule has 58 heavy (non-hydrogen) atoms. The maximum Gasteiger partial charge on any atom is 0.431 e. The first-order valence-corrected chi connectivity index (χ1v) is 18.7. The Hall–Kier alpha value is -6.46. The van der Waals surface area contributed by atoms with Crippen molar-refractivity contribution in [2.24, 2.45) is 21.9 Å². The molecule has 6 rings (SSSR count). The average molecular weight is 804 g/mol. The number of primary amides is 1. The SMILES string of the molecule is CC1(C)CC(=O)C(=C(N)C(F)(F)F)C(=Nc2ccc(C(N)=O)c(NC3CCC(OC(=O)CNC(=O)c4ccc(CCc5c[nH]c6nc(N)[nH]c(=O)c56)cc4)CC3)c2)C1. The molecule has 2 amide bonds. The maximum absolute atomic E-state index is 13.6. The Labute approximate surface area is 330 Å². The summed E-state index contributed by atoms with van der Waals surface area (Å²) < 4.78 is 46.5. The Morgan fingerprint density at radius 2 is 1.71 bits per heavy atom. The minimum atomic E-state index is -4.92. The number of alkyl halides is 3. The van der Waals surface area contributed by atoms with Crippen LogP contribution in [-0.4, -0.2) is 69.1 Å². The van der Waals surface area contributed by atoms with Crippen molar-refractivity contribution in [2.75, 3.05) is 17.6 Å². The standard InChI is InChI=1S/C40H44F3N9O6/c1-39(2)16-28(32(29(53)17-39)33(44)40(41,42)43)50-24-11-14-26(34(45)55)27(15-24)49-23-9-12-25(13-10-23)58-30(54)19-48-36(56)21-6-3-20(4-7-21)5-8-22-18-47-35-31(22)37(57)52-38(46)51-35/h3-4,6-7,11,14-15,18,23,25,49H,5,8-10,12-13,16-17,19,44H2,1-2H3,(H2,45,55)(H,48,56)(H4,46,47,51,52,57). The number of carbonyl (C=O) groups excluding carboxylic acids is 4. The highest BCUT2D eigenvalue weighted by atomic mass is 19.4. The van der Waals surface area contributed by atoms with Crippen LogP contribution in [0, 0.1) is 5.41 Å². The Morgan fingerprint density at radius 3 is 2.38 bits per heavy atom. The summed E-state index contributed by atoms with van der Waals surface area (Å²) in [5, 5.41) is 6.32. The number of benzene rings is 2. The molecular formula is C40H44F3N9O6. The Morgan fingerprint density at radius 1 is 1.00 bits per heavy atom. The van der Waals surface area contributed by atoms with Gasteiger partial charge in [0.1, 0.15) is 24.0 Å². The number of aliphatic imine (C=N–C) groups is 1. The van der Waals surface area contributed by atoms with E-state index in [-0.39, 0.29) is 53.9 Å². The number of hydrogen-bond donors (Lipinski definition) is 7. The molecule has 2 fully saturated rings. The van der Waals surface area contributed by atoms with Gasteiger partial charge in [0.05, 0.1) is 27.9 Å². The molecule has 18 heteroatoms. The van der Waals surface area contributed by atoms with Crippen LogP contribution < -0.4 is 33.4 Å². The third-order valence-electron chi connectivity index (χ3n) is 10.2. The topological polar surface area (TPSA) is 254 Å². The fraction of sp³-hybridized carbons (Fsp3) is 0.375. The van der Waals surface area contributed by atoms with Gasteiger partial charge in [-0.3, -0.25) is 33.9 Å². The number of carbonyl (C=O) groups is 4. The molecule has 0 aliphatic heterocycles. The van der Waals surface area contributed by atoms with Crippen molar-refractivity contribution in [3.63, 3.8) is 0 Å². The summed E-state index contributed by atoms with van der Waals surface area (Å²) in [5.41, 5.74) is 16.6. The summed E-state index contributed by atoms with van der Waals surface area (Å²) >= 11 is 0. The molecule has 15 nitrogen and oxygen atoms in total. The van der Waals surface area contributed by atoms with E-state index in [1.807, 2.05) is 0 Å². The predicted octanol–water partition coefficient (Wildman–Crippen LogP) is 4.65. The van der Waals surface area contributed by atoms with E-state index >= 15 is 0 Å². The van der Waals surface area contributed by atoms with Gasteiger partial charge < -0.3 is 37.6 Å². The minimum Gasteiger partial charge on any atom is -0.461 e. The summed E-state index contributed by atoms with van der Waals surface area (Å²) in [6.07, 6.45) is -0.486. The lowest BCUT2D eigenvalue weighted by Gasteiger charge is -2.32. The smallest absolute Gasteiger partial charge is 0.431 e. The molecule has 2 aliphatic rings. The fourth-order valence-electron chi connectivity index (χ4n) is 7.37. The number of fused-ring (bicyclic) bond motifs is 1. The van der Waals surface area contributed by atoms with Gasteiger partial charge in [-0.15, -0.1) is 0 Å². The number of hydrogen-bond acceptors (Lipinski definition) is 11. The highest BCUT2D eigenvalue weighted by Gasteiger charge is 2.42. The van der Waals surface area contributed by atoms with Crippen LogP contribution in [0.15, 0.2) is 69.7 Å². The number of esters is 1. The predicted molar refractivity (Wildman–Crippen MR) is 210 cm³/mol. The van der Waals surface area contributed by atoms with Gasteiger partial charge in [0, 0.05) is 29.9 Å². The highest BCUT2D eigenvalue weighted by Crippen LogP contribution is 2.39. The molecule has 2 heterocycles. The van der Waals surface area contributed by atoms with Crippen LogP contribution in [0.4, 0.5) is 30.5 Å². The molecule has 0 bridgehead atoms. The van der Waals surface area contributed by atoms with E-state index in [0.717, 1.165) is 11.1 Å². The number of nitrogens with two attached hydrogens (primary N) is 3. The zero-order valence-corrected chi connectivity index (χ0v) is 31.8. The Kier molecular flexibility index (Phi) is 11.8. The lowest BCUT2D eigenvalue weighted by Crippen LogP contribution is -2.36. The van der Waals surface area contributed by atoms with Gasteiger partial charge in [0.25, 0.3) is 17.4 Å². The lowest BCUT2D eigenvalue weighted by molar-refractivity contribution is -0.149. The molecule has 2 aliphatic carbocycles. The summed E-state index contributed by atoms with van der Waals surface area (Å²) in [7, 11) is 0. The quantitative estimate of drug-likeness (QED) is 0.0816. The van der Waals surface area contributed by atoms with E-state index in [0.29, 0.717) is 60.8 Å². The van der Waals surface area contributed by atoms with E-state index in [1.165, 1.54) is 18.2 Å². The molecule has 2 saturated carbocycles. The van der Waals surface area contributed by atoms with Crippen LogP contribution in [-0.2, 0) is 27.2 Å². The molecule has 306 valence electrons. The molecule has 0 atom stereocenters. The molecule has 2 aromatic heterocycles. The molecule has 4 aromatic rings. The van der Waals surface area contributed by atoms with Crippen molar-refractivity contribution in [3.05, 3.63) is 92.5 Å². The van der Waals surface area contributed by atoms with Crippen LogP contribution >= 0.6 is 0 Å². The second-order valence-electron chi connectivity index (χ2n) is 15.4. The number of nitrogens with one attached hydrogen (secondary N) is 4. The molecule has 0 radical (unpaired) electrons. The summed E-state index contributed by atoms with van der Waals surface area (Å²) in [5.74, 6) is -2.50. The molecule has 10 N–H and O–H groups in total. The number of nitrogens with zero attached hydrogens (tertiary/aromatic N) is 2. The number of ether oxygens (including phenoxy) is 1. The van der Waals surface area contributed by atoms with Crippen LogP contribution in [0.25, 0.3) is 11.0 Å². The maximum atomic E-state index is 13.6. The molecule has 0 unspecified atom stereocenters. The van der Waals surface area contributed by atoms with Gasteiger partial charge in [-0.2, -0.15) is 18.2 Å². The summed E-state index contributed by atoms with van der Waals surface area (Å²) in [6.45, 7) is 3.18. The van der Waals surface area contributed by atoms with Crippen molar-refractivity contribution >= 4 is 57.6 Å². The largest absolute Gasteiger partial charge is 0.461 e. The van der Waals surface area contributed by atoms with Gasteiger partial charge in [-0.25, -0.2) is 0 Å². The number of amides is 2. The Balaban J connectivity index is 1.00. The zero-order valence-electron chi connectivity index (χ0n) is 31.8. The van der Waals surface area contributed by atoms with Gasteiger partial charge in [-0.05, 0) is 91.8 Å².